The zero-order chi connectivity index (χ0) is 18.4. The number of nitrogens with zero attached hydrogens (tertiary/aromatic N) is 2. The van der Waals surface area contributed by atoms with Crippen LogP contribution in [0.1, 0.15) is 32.8 Å². The van der Waals surface area contributed by atoms with Crippen LogP contribution in [0.2, 0.25) is 0 Å². The summed E-state index contributed by atoms with van der Waals surface area (Å²) < 4.78 is 0. The van der Waals surface area contributed by atoms with Gasteiger partial charge in [0.2, 0.25) is 11.8 Å². The Morgan fingerprint density at radius 1 is 1.16 bits per heavy atom. The van der Waals surface area contributed by atoms with E-state index in [1.54, 1.807) is 11.9 Å². The smallest absolute Gasteiger partial charge is 0.237 e. The summed E-state index contributed by atoms with van der Waals surface area (Å²) in [6, 6.07) is 10.3. The third-order valence-electron chi connectivity index (χ3n) is 4.04. The van der Waals surface area contributed by atoms with Gasteiger partial charge in [0, 0.05) is 18.6 Å². The van der Waals surface area contributed by atoms with Crippen molar-refractivity contribution in [3.8, 4) is 0 Å². The first-order valence-electron chi connectivity index (χ1n) is 8.76. The van der Waals surface area contributed by atoms with Gasteiger partial charge in [0.05, 0.1) is 13.1 Å². The Morgan fingerprint density at radius 2 is 1.84 bits per heavy atom. The molecule has 1 aromatic carbocycles. The predicted octanol–water partition coefficient (Wildman–Crippen LogP) is 2.15. The molecular weight excluding hydrogens is 314 g/mol. The molecule has 0 aromatic heterocycles. The number of benzene rings is 1. The van der Waals surface area contributed by atoms with Crippen LogP contribution in [-0.2, 0) is 9.59 Å². The van der Waals surface area contributed by atoms with Gasteiger partial charge >= 0.3 is 0 Å². The molecule has 1 aromatic rings. The monoisotopic (exact) mass is 343 g/mol. The van der Waals surface area contributed by atoms with E-state index in [1.807, 2.05) is 43.9 Å². The Bertz CT molecular complexity index is 632. The highest BCUT2D eigenvalue weighted by Crippen LogP contribution is 2.21. The number of hydrogen-bond acceptors (Lipinski definition) is 3. The van der Waals surface area contributed by atoms with Crippen molar-refractivity contribution in [2.24, 2.45) is 0 Å². The van der Waals surface area contributed by atoms with Crippen molar-refractivity contribution >= 4 is 17.4 Å². The second-order valence-electron chi connectivity index (χ2n) is 7.66. The van der Waals surface area contributed by atoms with Crippen molar-refractivity contribution in [3.05, 3.63) is 42.0 Å². The summed E-state index contributed by atoms with van der Waals surface area (Å²) in [5.74, 6) is 0.00197. The number of carbonyl (C=O) groups is 2. The largest absolute Gasteiger partial charge is 0.350 e. The average Bonchev–Trinajstić information content (AvgIpc) is 2.53. The number of carbonyl (C=O) groups excluding carboxylic acids is 2. The molecule has 0 unspecified atom stereocenters. The van der Waals surface area contributed by atoms with Crippen molar-refractivity contribution in [2.75, 3.05) is 33.2 Å². The number of rotatable bonds is 5. The first kappa shape index (κ1) is 19.2. The van der Waals surface area contributed by atoms with Gasteiger partial charge in [-0.15, -0.1) is 0 Å². The highest BCUT2D eigenvalue weighted by atomic mass is 16.2. The minimum absolute atomic E-state index is 0.0623. The van der Waals surface area contributed by atoms with E-state index in [0.29, 0.717) is 6.54 Å². The van der Waals surface area contributed by atoms with Crippen LogP contribution in [-0.4, -0.2) is 60.4 Å². The molecule has 2 amide bonds. The van der Waals surface area contributed by atoms with E-state index in [0.717, 1.165) is 13.0 Å². The molecule has 1 aliphatic heterocycles. The molecule has 136 valence electrons. The van der Waals surface area contributed by atoms with Gasteiger partial charge < -0.3 is 10.2 Å². The molecule has 0 saturated carbocycles. The van der Waals surface area contributed by atoms with E-state index in [4.69, 9.17) is 0 Å². The van der Waals surface area contributed by atoms with Gasteiger partial charge in [0.25, 0.3) is 0 Å². The third kappa shape index (κ3) is 6.35. The molecule has 0 aliphatic carbocycles. The highest BCUT2D eigenvalue weighted by molar-refractivity contribution is 5.82. The van der Waals surface area contributed by atoms with Crippen LogP contribution in [0, 0.1) is 0 Å². The predicted molar refractivity (Wildman–Crippen MR) is 101 cm³/mol. The van der Waals surface area contributed by atoms with Gasteiger partial charge in [-0.1, -0.05) is 36.4 Å². The van der Waals surface area contributed by atoms with E-state index in [2.05, 4.69) is 23.5 Å². The van der Waals surface area contributed by atoms with Crippen molar-refractivity contribution < 1.29 is 9.59 Å². The molecule has 5 heteroatoms. The van der Waals surface area contributed by atoms with Gasteiger partial charge in [-0.25, -0.2) is 0 Å². The van der Waals surface area contributed by atoms with Gasteiger partial charge in [-0.3, -0.25) is 14.5 Å². The number of hydrogen-bond donors (Lipinski definition) is 1. The minimum Gasteiger partial charge on any atom is -0.350 e. The maximum absolute atomic E-state index is 12.4. The molecule has 0 saturated heterocycles. The SMILES string of the molecule is CN(CC(=O)NC(C)(C)C)CC(=O)N1CC=C(c2ccccc2)CC1. The first-order chi connectivity index (χ1) is 11.7. The molecule has 0 spiro atoms. The maximum Gasteiger partial charge on any atom is 0.237 e. The van der Waals surface area contributed by atoms with Crippen LogP contribution in [0.25, 0.3) is 5.57 Å². The summed E-state index contributed by atoms with van der Waals surface area (Å²) >= 11 is 0. The van der Waals surface area contributed by atoms with Crippen molar-refractivity contribution in [3.63, 3.8) is 0 Å². The highest BCUT2D eigenvalue weighted by Gasteiger charge is 2.21. The standard InChI is InChI=1S/C20H29N3O2/c1-20(2,3)21-18(24)14-22(4)15-19(25)23-12-10-17(11-13-23)16-8-6-5-7-9-16/h5-10H,11-15H2,1-4H3,(H,21,24). The van der Waals surface area contributed by atoms with Crippen LogP contribution in [0.4, 0.5) is 0 Å². The quantitative estimate of drug-likeness (QED) is 0.891. The van der Waals surface area contributed by atoms with Crippen LogP contribution >= 0.6 is 0 Å². The van der Waals surface area contributed by atoms with E-state index in [-0.39, 0.29) is 30.4 Å². The van der Waals surface area contributed by atoms with Gasteiger partial charge in [0.1, 0.15) is 0 Å². The molecule has 5 nitrogen and oxygen atoms in total. The summed E-state index contributed by atoms with van der Waals surface area (Å²) in [5, 5.41) is 2.91. The number of amides is 2. The summed E-state index contributed by atoms with van der Waals surface area (Å²) in [6.45, 7) is 7.67. The Kier molecular flexibility index (Phi) is 6.37. The Hall–Kier alpha value is -2.14. The van der Waals surface area contributed by atoms with E-state index < -0.39 is 0 Å². The van der Waals surface area contributed by atoms with Crippen LogP contribution < -0.4 is 5.32 Å². The number of likely N-dealkylation sites (N-methyl/N-ethyl adjacent to an activating group) is 1. The normalized spacial score (nSPS) is 15.1. The Balaban J connectivity index is 1.82. The molecule has 1 aliphatic rings. The summed E-state index contributed by atoms with van der Waals surface area (Å²) in [5.41, 5.74) is 2.26. The Morgan fingerprint density at radius 3 is 2.40 bits per heavy atom. The summed E-state index contributed by atoms with van der Waals surface area (Å²) in [6.07, 6.45) is 2.99. The molecule has 25 heavy (non-hydrogen) atoms. The number of nitrogens with one attached hydrogen (secondary N) is 1. The first-order valence-corrected chi connectivity index (χ1v) is 8.76. The van der Waals surface area contributed by atoms with Crippen LogP contribution in [0.3, 0.4) is 0 Å². The van der Waals surface area contributed by atoms with Gasteiger partial charge in [0.15, 0.2) is 0 Å². The lowest BCUT2D eigenvalue weighted by Crippen LogP contribution is -2.47. The van der Waals surface area contributed by atoms with Crippen molar-refractivity contribution in [1.82, 2.24) is 15.1 Å². The molecule has 2 rings (SSSR count). The van der Waals surface area contributed by atoms with Gasteiger partial charge in [-0.2, -0.15) is 0 Å². The zero-order valence-electron chi connectivity index (χ0n) is 15.7. The third-order valence-corrected chi connectivity index (χ3v) is 4.04. The fourth-order valence-electron chi connectivity index (χ4n) is 2.90. The lowest BCUT2D eigenvalue weighted by Gasteiger charge is -2.29. The minimum atomic E-state index is -0.257. The van der Waals surface area contributed by atoms with Gasteiger partial charge in [-0.05, 0) is 45.4 Å². The van der Waals surface area contributed by atoms with Crippen molar-refractivity contribution in [1.29, 1.82) is 0 Å². The second kappa shape index (κ2) is 8.30. The summed E-state index contributed by atoms with van der Waals surface area (Å²) in [7, 11) is 1.80. The van der Waals surface area contributed by atoms with E-state index in [9.17, 15) is 9.59 Å². The lowest BCUT2D eigenvalue weighted by atomic mass is 9.99. The van der Waals surface area contributed by atoms with Crippen molar-refractivity contribution in [2.45, 2.75) is 32.7 Å². The average molecular weight is 343 g/mol. The zero-order valence-corrected chi connectivity index (χ0v) is 15.7. The molecule has 0 atom stereocenters. The fourth-order valence-corrected chi connectivity index (χ4v) is 2.90. The topological polar surface area (TPSA) is 52.7 Å². The Labute approximate surface area is 150 Å². The fraction of sp³-hybridized carbons (Fsp3) is 0.500. The van der Waals surface area contributed by atoms with E-state index >= 15 is 0 Å². The van der Waals surface area contributed by atoms with Crippen LogP contribution in [0.15, 0.2) is 36.4 Å². The molecule has 1 N–H and O–H groups in total. The second-order valence-corrected chi connectivity index (χ2v) is 7.66. The molecule has 0 fully saturated rings. The summed E-state index contributed by atoms with van der Waals surface area (Å²) in [4.78, 5) is 28.0. The molecule has 0 radical (unpaired) electrons. The molecular formula is C20H29N3O2. The molecule has 1 heterocycles. The maximum atomic E-state index is 12.4. The molecule has 0 bridgehead atoms. The van der Waals surface area contributed by atoms with E-state index in [1.165, 1.54) is 11.1 Å². The van der Waals surface area contributed by atoms with Crippen LogP contribution in [0.5, 0.6) is 0 Å². The lowest BCUT2D eigenvalue weighted by molar-refractivity contribution is -0.132.